The zero-order valence-corrected chi connectivity index (χ0v) is 11.6. The topological polar surface area (TPSA) is 61.4 Å². The van der Waals surface area contributed by atoms with Gasteiger partial charge < -0.3 is 15.7 Å². The number of rotatable bonds is 6. The molecule has 3 atom stereocenters. The number of carbonyl (C=O) groups excluding carboxylic acids is 1. The fraction of sp³-hybridized carbons (Fsp3) is 0.917. The molecule has 0 heterocycles. The van der Waals surface area contributed by atoms with E-state index in [1.165, 1.54) is 0 Å². The number of aliphatic hydroxyl groups excluding tert-OH is 1. The number of hydrogen-bond donors (Lipinski definition) is 3. The predicted molar refractivity (Wildman–Crippen MR) is 72.3 cm³/mol. The van der Waals surface area contributed by atoms with Crippen LogP contribution in [0.1, 0.15) is 32.6 Å². The van der Waals surface area contributed by atoms with Gasteiger partial charge in [-0.1, -0.05) is 6.42 Å². The van der Waals surface area contributed by atoms with Gasteiger partial charge in [-0.05, 0) is 38.2 Å². The van der Waals surface area contributed by atoms with Gasteiger partial charge >= 0.3 is 6.03 Å². The summed E-state index contributed by atoms with van der Waals surface area (Å²) in [5.74, 6) is 1.30. The first-order chi connectivity index (χ1) is 8.13. The number of carbonyl (C=O) groups is 1. The van der Waals surface area contributed by atoms with Crippen LogP contribution >= 0.6 is 11.8 Å². The number of urea groups is 1. The quantitative estimate of drug-likeness (QED) is 0.679. The minimum atomic E-state index is -0.232. The molecular formula is C12H24N2O2S. The normalized spacial score (nSPS) is 25.6. The van der Waals surface area contributed by atoms with Crippen LogP contribution in [0.3, 0.4) is 0 Å². The summed E-state index contributed by atoms with van der Waals surface area (Å²) in [7, 11) is 0. The number of hydrogen-bond acceptors (Lipinski definition) is 3. The molecule has 100 valence electrons. The Kier molecular flexibility index (Phi) is 6.73. The summed E-state index contributed by atoms with van der Waals surface area (Å²) < 4.78 is 0. The molecule has 0 bridgehead atoms. The molecule has 0 aromatic carbocycles. The molecule has 3 N–H and O–H groups in total. The highest BCUT2D eigenvalue weighted by Crippen LogP contribution is 2.24. The first-order valence-corrected chi connectivity index (χ1v) is 7.74. The number of nitrogens with one attached hydrogen (secondary N) is 2. The minimum Gasteiger partial charge on any atom is -0.393 e. The van der Waals surface area contributed by atoms with Crippen molar-refractivity contribution in [2.24, 2.45) is 5.92 Å². The molecule has 0 spiro atoms. The van der Waals surface area contributed by atoms with Crippen molar-refractivity contribution < 1.29 is 9.90 Å². The first kappa shape index (κ1) is 14.6. The monoisotopic (exact) mass is 260 g/mol. The third-order valence-corrected chi connectivity index (χ3v) is 3.92. The average Bonchev–Trinajstić information content (AvgIpc) is 2.69. The van der Waals surface area contributed by atoms with E-state index in [4.69, 9.17) is 0 Å². The molecule has 17 heavy (non-hydrogen) atoms. The van der Waals surface area contributed by atoms with Gasteiger partial charge in [-0.15, -0.1) is 0 Å². The third-order valence-electron chi connectivity index (χ3n) is 3.28. The zero-order chi connectivity index (χ0) is 12.7. The van der Waals surface area contributed by atoms with Gasteiger partial charge in [-0.3, -0.25) is 0 Å². The van der Waals surface area contributed by atoms with Crippen LogP contribution in [0, 0.1) is 5.92 Å². The standard InChI is InChI=1S/C12H24N2O2S/c1-9(6-7-17-2)14-12(16)13-8-10-4-3-5-11(10)15/h9-11,15H,3-8H2,1-2H3,(H2,13,14,16)/t9-,10-,11-/m0/s1. The van der Waals surface area contributed by atoms with Crippen molar-refractivity contribution in [2.45, 2.75) is 44.8 Å². The molecule has 0 aliphatic heterocycles. The molecule has 1 rings (SSSR count). The second kappa shape index (κ2) is 7.82. The highest BCUT2D eigenvalue weighted by molar-refractivity contribution is 7.98. The predicted octanol–water partition coefficient (Wildman–Crippen LogP) is 1.59. The van der Waals surface area contributed by atoms with Gasteiger partial charge in [0.25, 0.3) is 0 Å². The van der Waals surface area contributed by atoms with Crippen molar-refractivity contribution in [3.8, 4) is 0 Å². The summed E-state index contributed by atoms with van der Waals surface area (Å²) in [6.07, 6.45) is 5.78. The average molecular weight is 260 g/mol. The van der Waals surface area contributed by atoms with Gasteiger partial charge in [-0.2, -0.15) is 11.8 Å². The highest BCUT2D eigenvalue weighted by atomic mass is 32.2. The van der Waals surface area contributed by atoms with E-state index >= 15 is 0 Å². The molecule has 0 radical (unpaired) electrons. The molecule has 0 aromatic heterocycles. The smallest absolute Gasteiger partial charge is 0.315 e. The zero-order valence-electron chi connectivity index (χ0n) is 10.7. The van der Waals surface area contributed by atoms with E-state index in [1.807, 2.05) is 6.92 Å². The molecule has 0 saturated heterocycles. The van der Waals surface area contributed by atoms with Crippen LogP contribution < -0.4 is 10.6 Å². The van der Waals surface area contributed by atoms with Gasteiger partial charge in [-0.25, -0.2) is 4.79 Å². The van der Waals surface area contributed by atoms with E-state index in [-0.39, 0.29) is 24.1 Å². The Balaban J connectivity index is 2.12. The Morgan fingerprint density at radius 1 is 1.53 bits per heavy atom. The van der Waals surface area contributed by atoms with Crippen LogP contribution in [0.25, 0.3) is 0 Å². The summed E-state index contributed by atoms with van der Waals surface area (Å²) in [6.45, 7) is 2.60. The van der Waals surface area contributed by atoms with Gasteiger partial charge in [0.1, 0.15) is 0 Å². The van der Waals surface area contributed by atoms with Crippen LogP contribution in [0.4, 0.5) is 4.79 Å². The van der Waals surface area contributed by atoms with Gasteiger partial charge in [0.2, 0.25) is 0 Å². The lowest BCUT2D eigenvalue weighted by Crippen LogP contribution is -2.43. The molecule has 0 unspecified atom stereocenters. The fourth-order valence-electron chi connectivity index (χ4n) is 2.12. The molecule has 0 aromatic rings. The Labute approximate surface area is 108 Å². The lowest BCUT2D eigenvalue weighted by molar-refractivity contribution is 0.132. The second-order valence-electron chi connectivity index (χ2n) is 4.80. The Bertz CT molecular complexity index is 239. The fourth-order valence-corrected chi connectivity index (χ4v) is 2.71. The van der Waals surface area contributed by atoms with E-state index in [0.717, 1.165) is 31.4 Å². The largest absolute Gasteiger partial charge is 0.393 e. The summed E-state index contributed by atoms with van der Waals surface area (Å²) in [4.78, 5) is 11.6. The Morgan fingerprint density at radius 3 is 2.88 bits per heavy atom. The molecule has 4 nitrogen and oxygen atoms in total. The van der Waals surface area contributed by atoms with Crippen LogP contribution in [-0.4, -0.2) is 41.8 Å². The number of thioether (sulfide) groups is 1. The van der Waals surface area contributed by atoms with Crippen molar-refractivity contribution in [1.82, 2.24) is 10.6 Å². The second-order valence-corrected chi connectivity index (χ2v) is 5.78. The summed E-state index contributed by atoms with van der Waals surface area (Å²) in [5.41, 5.74) is 0. The van der Waals surface area contributed by atoms with E-state index in [2.05, 4.69) is 16.9 Å². The maximum atomic E-state index is 11.6. The highest BCUT2D eigenvalue weighted by Gasteiger charge is 2.25. The van der Waals surface area contributed by atoms with Crippen molar-refractivity contribution in [3.05, 3.63) is 0 Å². The van der Waals surface area contributed by atoms with Crippen molar-refractivity contribution in [1.29, 1.82) is 0 Å². The van der Waals surface area contributed by atoms with Crippen molar-refractivity contribution in [3.63, 3.8) is 0 Å². The third kappa shape index (κ3) is 5.64. The van der Waals surface area contributed by atoms with E-state index in [1.54, 1.807) is 11.8 Å². The molecule has 1 saturated carbocycles. The maximum Gasteiger partial charge on any atom is 0.315 e. The van der Waals surface area contributed by atoms with Crippen molar-refractivity contribution >= 4 is 17.8 Å². The van der Waals surface area contributed by atoms with Crippen LogP contribution in [0.5, 0.6) is 0 Å². The summed E-state index contributed by atoms with van der Waals surface area (Å²) in [5, 5.41) is 15.4. The van der Waals surface area contributed by atoms with Gasteiger partial charge in [0.05, 0.1) is 6.10 Å². The maximum absolute atomic E-state index is 11.6. The number of amides is 2. The summed E-state index contributed by atoms with van der Waals surface area (Å²) >= 11 is 1.79. The lowest BCUT2D eigenvalue weighted by Gasteiger charge is -2.17. The minimum absolute atomic E-state index is 0.113. The van der Waals surface area contributed by atoms with E-state index in [9.17, 15) is 9.90 Å². The molecule has 1 aliphatic carbocycles. The van der Waals surface area contributed by atoms with Gasteiger partial charge in [0.15, 0.2) is 0 Å². The van der Waals surface area contributed by atoms with Crippen molar-refractivity contribution in [2.75, 3.05) is 18.6 Å². The van der Waals surface area contributed by atoms with E-state index in [0.29, 0.717) is 6.54 Å². The first-order valence-electron chi connectivity index (χ1n) is 6.35. The van der Waals surface area contributed by atoms with E-state index < -0.39 is 0 Å². The lowest BCUT2D eigenvalue weighted by atomic mass is 10.1. The van der Waals surface area contributed by atoms with Crippen LogP contribution in [0.2, 0.25) is 0 Å². The number of aliphatic hydroxyl groups is 1. The molecule has 1 fully saturated rings. The molecule has 1 aliphatic rings. The molecular weight excluding hydrogens is 236 g/mol. The molecule has 5 heteroatoms. The molecule has 2 amide bonds. The van der Waals surface area contributed by atoms with Crippen LogP contribution in [-0.2, 0) is 0 Å². The Morgan fingerprint density at radius 2 is 2.29 bits per heavy atom. The Hall–Kier alpha value is -0.420. The van der Waals surface area contributed by atoms with Crippen LogP contribution in [0.15, 0.2) is 0 Å². The van der Waals surface area contributed by atoms with Gasteiger partial charge in [0, 0.05) is 18.5 Å². The SMILES string of the molecule is CSCC[C@H](C)NC(=O)NC[C@@H]1CCC[C@@H]1O. The summed E-state index contributed by atoms with van der Waals surface area (Å²) in [6, 6.07) is 0.0913.